The number of fused-ring (bicyclic) bond motifs is 1. The molecular weight excluding hydrogens is 128 g/mol. The van der Waals surface area contributed by atoms with E-state index in [9.17, 15) is 0 Å². The molecule has 3 aliphatic rings. The van der Waals surface area contributed by atoms with Gasteiger partial charge in [0.1, 0.15) is 11.7 Å². The van der Waals surface area contributed by atoms with Gasteiger partial charge in [0.2, 0.25) is 0 Å². The lowest BCUT2D eigenvalue weighted by Gasteiger charge is -2.13. The van der Waals surface area contributed by atoms with Crippen LogP contribution in [0.2, 0.25) is 0 Å². The first-order chi connectivity index (χ1) is 4.92. The molecule has 1 saturated carbocycles. The molecule has 0 spiro atoms. The van der Waals surface area contributed by atoms with Gasteiger partial charge in [0, 0.05) is 0 Å². The van der Waals surface area contributed by atoms with E-state index in [1.165, 1.54) is 25.7 Å². The molecule has 3 rings (SSSR count). The first-order valence-corrected chi connectivity index (χ1v) is 4.21. The number of epoxide rings is 2. The molecule has 0 N–H and O–H groups in total. The lowest BCUT2D eigenvalue weighted by molar-refractivity contribution is 0.224. The minimum atomic E-state index is 0.234. The lowest BCUT2D eigenvalue weighted by atomic mass is 9.87. The molecule has 1 aliphatic carbocycles. The van der Waals surface area contributed by atoms with Gasteiger partial charge in [0.25, 0.3) is 0 Å². The fraction of sp³-hybridized carbons (Fsp3) is 1.00. The van der Waals surface area contributed by atoms with E-state index in [0.717, 1.165) is 6.61 Å². The molecule has 0 radical (unpaired) electrons. The van der Waals surface area contributed by atoms with Crippen molar-refractivity contribution in [2.45, 2.75) is 43.5 Å². The van der Waals surface area contributed by atoms with Crippen LogP contribution in [0.1, 0.15) is 25.7 Å². The van der Waals surface area contributed by atoms with Gasteiger partial charge in [-0.3, -0.25) is 0 Å². The molecule has 0 amide bonds. The minimum Gasteiger partial charge on any atom is -0.370 e. The van der Waals surface area contributed by atoms with Crippen LogP contribution in [0.4, 0.5) is 0 Å². The largest absolute Gasteiger partial charge is 0.370 e. The zero-order valence-corrected chi connectivity index (χ0v) is 6.01. The lowest BCUT2D eigenvalue weighted by Crippen LogP contribution is -2.25. The highest BCUT2D eigenvalue weighted by molar-refractivity contribution is 5.13. The number of ether oxygens (including phenoxy) is 2. The van der Waals surface area contributed by atoms with E-state index in [1.54, 1.807) is 0 Å². The quantitative estimate of drug-likeness (QED) is 0.509. The Hall–Kier alpha value is -0.0800. The van der Waals surface area contributed by atoms with Gasteiger partial charge >= 0.3 is 0 Å². The molecule has 0 aromatic rings. The smallest absolute Gasteiger partial charge is 0.123 e. The highest BCUT2D eigenvalue weighted by atomic mass is 16.7. The summed E-state index contributed by atoms with van der Waals surface area (Å²) in [5, 5.41) is 0. The van der Waals surface area contributed by atoms with Gasteiger partial charge in [-0.05, 0) is 12.8 Å². The molecule has 2 heteroatoms. The van der Waals surface area contributed by atoms with Crippen LogP contribution in [0.3, 0.4) is 0 Å². The van der Waals surface area contributed by atoms with Gasteiger partial charge in [-0.1, -0.05) is 12.8 Å². The molecule has 3 atom stereocenters. The second-order valence-corrected chi connectivity index (χ2v) is 3.63. The Balaban J connectivity index is 1.80. The summed E-state index contributed by atoms with van der Waals surface area (Å²) in [5.74, 6) is 0. The Kier molecular flexibility index (Phi) is 0.868. The van der Waals surface area contributed by atoms with Crippen LogP contribution in [0.5, 0.6) is 0 Å². The Labute approximate surface area is 60.5 Å². The third-order valence-corrected chi connectivity index (χ3v) is 3.01. The molecule has 10 heavy (non-hydrogen) atoms. The van der Waals surface area contributed by atoms with Crippen LogP contribution in [0, 0.1) is 0 Å². The average Bonchev–Trinajstić information content (AvgIpc) is 2.84. The van der Waals surface area contributed by atoms with Crippen LogP contribution in [-0.4, -0.2) is 24.4 Å². The third-order valence-electron chi connectivity index (χ3n) is 3.01. The second-order valence-electron chi connectivity index (χ2n) is 3.63. The summed E-state index contributed by atoms with van der Waals surface area (Å²) in [6.07, 6.45) is 6.30. The molecule has 0 unspecified atom stereocenters. The standard InChI is InChI=1S/C8H12O2/c1-2-4-8(7-5-9-7)6(3-1)10-8/h6-7H,1-5H2/t6-,7+,8+/m1/s1. The van der Waals surface area contributed by atoms with Crippen molar-refractivity contribution in [3.8, 4) is 0 Å². The molecule has 2 aliphatic heterocycles. The monoisotopic (exact) mass is 140 g/mol. The second kappa shape index (κ2) is 1.56. The minimum absolute atomic E-state index is 0.234. The SMILES string of the molecule is C1CC[C@]2([C@@H]3CO3)O[C@@H]2C1. The Bertz CT molecular complexity index is 165. The van der Waals surface area contributed by atoms with Gasteiger partial charge in [-0.15, -0.1) is 0 Å². The number of rotatable bonds is 1. The molecule has 0 bridgehead atoms. The Morgan fingerprint density at radius 3 is 2.80 bits per heavy atom. The van der Waals surface area contributed by atoms with E-state index in [4.69, 9.17) is 9.47 Å². The van der Waals surface area contributed by atoms with Gasteiger partial charge < -0.3 is 9.47 Å². The summed E-state index contributed by atoms with van der Waals surface area (Å²) in [4.78, 5) is 0. The summed E-state index contributed by atoms with van der Waals surface area (Å²) >= 11 is 0. The van der Waals surface area contributed by atoms with Crippen LogP contribution >= 0.6 is 0 Å². The predicted molar refractivity (Wildman–Crippen MR) is 35.8 cm³/mol. The van der Waals surface area contributed by atoms with Crippen molar-refractivity contribution in [1.82, 2.24) is 0 Å². The van der Waals surface area contributed by atoms with E-state index < -0.39 is 0 Å². The van der Waals surface area contributed by atoms with Crippen molar-refractivity contribution >= 4 is 0 Å². The third kappa shape index (κ3) is 0.565. The van der Waals surface area contributed by atoms with Crippen molar-refractivity contribution in [2.24, 2.45) is 0 Å². The maximum atomic E-state index is 5.66. The van der Waals surface area contributed by atoms with Crippen molar-refractivity contribution < 1.29 is 9.47 Å². The summed E-state index contributed by atoms with van der Waals surface area (Å²) in [5.41, 5.74) is 0.234. The summed E-state index contributed by atoms with van der Waals surface area (Å²) in [6.45, 7) is 0.955. The van der Waals surface area contributed by atoms with Crippen molar-refractivity contribution in [3.63, 3.8) is 0 Å². The molecule has 2 nitrogen and oxygen atoms in total. The molecular formula is C8H12O2. The molecule has 0 aromatic heterocycles. The zero-order chi connectivity index (χ0) is 6.60. The fourth-order valence-electron chi connectivity index (χ4n) is 2.26. The van der Waals surface area contributed by atoms with Crippen molar-refractivity contribution in [2.75, 3.05) is 6.61 Å². The van der Waals surface area contributed by atoms with Gasteiger partial charge in [-0.2, -0.15) is 0 Å². The summed E-state index contributed by atoms with van der Waals surface area (Å²) < 4.78 is 10.9. The van der Waals surface area contributed by atoms with E-state index in [2.05, 4.69) is 0 Å². The zero-order valence-electron chi connectivity index (χ0n) is 6.01. The first-order valence-electron chi connectivity index (χ1n) is 4.21. The van der Waals surface area contributed by atoms with E-state index >= 15 is 0 Å². The highest BCUT2D eigenvalue weighted by Gasteiger charge is 2.66. The van der Waals surface area contributed by atoms with Crippen molar-refractivity contribution in [1.29, 1.82) is 0 Å². The first kappa shape index (κ1) is 5.56. The topological polar surface area (TPSA) is 25.1 Å². The number of hydrogen-bond donors (Lipinski definition) is 0. The molecule has 0 aromatic carbocycles. The van der Waals surface area contributed by atoms with Crippen molar-refractivity contribution in [3.05, 3.63) is 0 Å². The van der Waals surface area contributed by atoms with Gasteiger partial charge in [-0.25, -0.2) is 0 Å². The highest BCUT2D eigenvalue weighted by Crippen LogP contribution is 2.53. The van der Waals surface area contributed by atoms with Crippen LogP contribution in [0.25, 0.3) is 0 Å². The molecule has 2 saturated heterocycles. The van der Waals surface area contributed by atoms with Gasteiger partial charge in [0.05, 0.1) is 12.7 Å². The molecule has 2 heterocycles. The van der Waals surface area contributed by atoms with Gasteiger partial charge in [0.15, 0.2) is 0 Å². The maximum absolute atomic E-state index is 5.66. The fourth-order valence-corrected chi connectivity index (χ4v) is 2.26. The average molecular weight is 140 g/mol. The Morgan fingerprint density at radius 1 is 1.20 bits per heavy atom. The number of hydrogen-bond acceptors (Lipinski definition) is 2. The van der Waals surface area contributed by atoms with E-state index in [0.29, 0.717) is 12.2 Å². The van der Waals surface area contributed by atoms with E-state index in [1.807, 2.05) is 0 Å². The maximum Gasteiger partial charge on any atom is 0.123 e. The summed E-state index contributed by atoms with van der Waals surface area (Å²) in [7, 11) is 0. The molecule has 56 valence electrons. The van der Waals surface area contributed by atoms with E-state index in [-0.39, 0.29) is 5.60 Å². The van der Waals surface area contributed by atoms with Crippen LogP contribution in [0.15, 0.2) is 0 Å². The van der Waals surface area contributed by atoms with Crippen LogP contribution in [-0.2, 0) is 9.47 Å². The van der Waals surface area contributed by atoms with Crippen LogP contribution < -0.4 is 0 Å². The normalized spacial score (nSPS) is 57.6. The predicted octanol–water partition coefficient (Wildman–Crippen LogP) is 1.10. The Morgan fingerprint density at radius 2 is 2.10 bits per heavy atom. The summed E-state index contributed by atoms with van der Waals surface area (Å²) in [6, 6.07) is 0. The molecule has 3 fully saturated rings.